The summed E-state index contributed by atoms with van der Waals surface area (Å²) in [6.45, 7) is 1.86. The first kappa shape index (κ1) is 16.4. The normalized spacial score (nSPS) is 11.2. The second-order valence-electron chi connectivity index (χ2n) is 5.00. The third kappa shape index (κ3) is 3.80. The molecular formula is C18H18N2O3. The smallest absolute Gasteiger partial charge is 0.251 e. The number of carbonyl (C=O) groups excluding carboxylic acids is 1. The average Bonchev–Trinajstić information content (AvgIpc) is 2.60. The van der Waals surface area contributed by atoms with Gasteiger partial charge in [0, 0.05) is 11.1 Å². The fourth-order valence-corrected chi connectivity index (χ4v) is 2.27. The van der Waals surface area contributed by atoms with Crippen LogP contribution in [0.4, 0.5) is 0 Å². The summed E-state index contributed by atoms with van der Waals surface area (Å²) >= 11 is 0. The number of ether oxygens (including phenoxy) is 2. The van der Waals surface area contributed by atoms with Crippen LogP contribution in [0, 0.1) is 11.3 Å². The molecule has 0 heterocycles. The van der Waals surface area contributed by atoms with Crippen LogP contribution in [0.2, 0.25) is 0 Å². The zero-order valence-electron chi connectivity index (χ0n) is 13.3. The van der Waals surface area contributed by atoms with E-state index < -0.39 is 0 Å². The van der Waals surface area contributed by atoms with Crippen LogP contribution in [-0.2, 0) is 0 Å². The van der Waals surface area contributed by atoms with Crippen LogP contribution < -0.4 is 14.8 Å². The number of nitrogens with one attached hydrogen (secondary N) is 1. The maximum absolute atomic E-state index is 12.4. The van der Waals surface area contributed by atoms with Gasteiger partial charge in [0.05, 0.1) is 31.9 Å². The Morgan fingerprint density at radius 1 is 1.17 bits per heavy atom. The minimum Gasteiger partial charge on any atom is -0.497 e. The average molecular weight is 310 g/mol. The first-order valence-electron chi connectivity index (χ1n) is 7.12. The van der Waals surface area contributed by atoms with Crippen molar-refractivity contribution in [2.75, 3.05) is 14.2 Å². The summed E-state index contributed by atoms with van der Waals surface area (Å²) in [5.74, 6) is 1.11. The Labute approximate surface area is 135 Å². The monoisotopic (exact) mass is 310 g/mol. The number of nitrogens with zero attached hydrogens (tertiary/aromatic N) is 1. The molecule has 1 N–H and O–H groups in total. The van der Waals surface area contributed by atoms with Gasteiger partial charge in [0.25, 0.3) is 5.91 Å². The quantitative estimate of drug-likeness (QED) is 0.921. The highest BCUT2D eigenvalue weighted by Gasteiger charge is 2.16. The van der Waals surface area contributed by atoms with Gasteiger partial charge in [-0.2, -0.15) is 5.26 Å². The minimum absolute atomic E-state index is 0.250. The van der Waals surface area contributed by atoms with E-state index in [2.05, 4.69) is 5.32 Å². The van der Waals surface area contributed by atoms with Crippen molar-refractivity contribution < 1.29 is 14.3 Å². The molecule has 0 bridgehead atoms. The van der Waals surface area contributed by atoms with Gasteiger partial charge >= 0.3 is 0 Å². The molecule has 0 unspecified atom stereocenters. The standard InChI is InChI=1S/C18H18N2O3/c1-12(16-10-15(22-2)7-8-17(16)23-3)20-18(21)14-6-4-5-13(9-14)11-19/h4-10,12H,1-3H3,(H,20,21)/t12-/m0/s1. The van der Waals surface area contributed by atoms with Gasteiger partial charge in [0.2, 0.25) is 0 Å². The Balaban J connectivity index is 2.22. The van der Waals surface area contributed by atoms with E-state index in [4.69, 9.17) is 14.7 Å². The Hall–Kier alpha value is -3.00. The summed E-state index contributed by atoms with van der Waals surface area (Å²) in [5.41, 5.74) is 1.71. The molecule has 0 aromatic heterocycles. The van der Waals surface area contributed by atoms with Crippen LogP contribution >= 0.6 is 0 Å². The largest absolute Gasteiger partial charge is 0.497 e. The molecule has 23 heavy (non-hydrogen) atoms. The van der Waals surface area contributed by atoms with Crippen molar-refractivity contribution >= 4 is 5.91 Å². The fourth-order valence-electron chi connectivity index (χ4n) is 2.27. The van der Waals surface area contributed by atoms with Gasteiger partial charge in [0.1, 0.15) is 11.5 Å². The van der Waals surface area contributed by atoms with Crippen molar-refractivity contribution in [1.29, 1.82) is 5.26 Å². The summed E-state index contributed by atoms with van der Waals surface area (Å²) in [7, 11) is 3.17. The molecule has 118 valence electrons. The number of amides is 1. The number of nitriles is 1. The maximum atomic E-state index is 12.4. The summed E-state index contributed by atoms with van der Waals surface area (Å²) < 4.78 is 10.6. The van der Waals surface area contributed by atoms with Crippen molar-refractivity contribution in [3.8, 4) is 17.6 Å². The molecule has 5 heteroatoms. The number of benzene rings is 2. The van der Waals surface area contributed by atoms with E-state index in [-0.39, 0.29) is 11.9 Å². The minimum atomic E-state index is -0.279. The summed E-state index contributed by atoms with van der Waals surface area (Å²) in [5, 5.41) is 11.8. The molecule has 0 fully saturated rings. The number of rotatable bonds is 5. The van der Waals surface area contributed by atoms with Crippen molar-refractivity contribution in [3.63, 3.8) is 0 Å². The molecule has 5 nitrogen and oxygen atoms in total. The molecule has 0 saturated heterocycles. The Bertz CT molecular complexity index is 750. The van der Waals surface area contributed by atoms with Crippen LogP contribution in [0.1, 0.15) is 34.5 Å². The molecule has 0 aliphatic heterocycles. The highest BCUT2D eigenvalue weighted by atomic mass is 16.5. The van der Waals surface area contributed by atoms with Crippen LogP contribution in [0.5, 0.6) is 11.5 Å². The number of carbonyl (C=O) groups is 1. The SMILES string of the molecule is COc1ccc(OC)c([C@H](C)NC(=O)c2cccc(C#N)c2)c1. The van der Waals surface area contributed by atoms with Gasteiger partial charge in [-0.3, -0.25) is 4.79 Å². The van der Waals surface area contributed by atoms with Crippen molar-refractivity contribution in [3.05, 3.63) is 59.2 Å². The van der Waals surface area contributed by atoms with E-state index in [1.165, 1.54) is 0 Å². The second-order valence-corrected chi connectivity index (χ2v) is 5.00. The molecule has 0 spiro atoms. The maximum Gasteiger partial charge on any atom is 0.251 e. The van der Waals surface area contributed by atoms with Gasteiger partial charge in [0.15, 0.2) is 0 Å². The molecular weight excluding hydrogens is 292 g/mol. The fraction of sp³-hybridized carbons (Fsp3) is 0.222. The zero-order valence-corrected chi connectivity index (χ0v) is 13.3. The van der Waals surface area contributed by atoms with E-state index in [1.54, 1.807) is 50.6 Å². The molecule has 2 rings (SSSR count). The first-order chi connectivity index (χ1) is 11.1. The lowest BCUT2D eigenvalue weighted by atomic mass is 10.1. The van der Waals surface area contributed by atoms with Gasteiger partial charge in [-0.25, -0.2) is 0 Å². The Morgan fingerprint density at radius 3 is 2.61 bits per heavy atom. The lowest BCUT2D eigenvalue weighted by Crippen LogP contribution is -2.27. The highest BCUT2D eigenvalue weighted by molar-refractivity contribution is 5.94. The topological polar surface area (TPSA) is 71.3 Å². The van der Waals surface area contributed by atoms with Crippen molar-refractivity contribution in [1.82, 2.24) is 5.32 Å². The van der Waals surface area contributed by atoms with Gasteiger partial charge in [-0.15, -0.1) is 0 Å². The van der Waals surface area contributed by atoms with E-state index in [0.29, 0.717) is 22.6 Å². The van der Waals surface area contributed by atoms with E-state index in [0.717, 1.165) is 5.56 Å². The molecule has 1 atom stereocenters. The highest BCUT2D eigenvalue weighted by Crippen LogP contribution is 2.29. The number of hydrogen-bond donors (Lipinski definition) is 1. The molecule has 0 aliphatic rings. The van der Waals surface area contributed by atoms with Crippen molar-refractivity contribution in [2.45, 2.75) is 13.0 Å². The van der Waals surface area contributed by atoms with E-state index in [1.807, 2.05) is 19.1 Å². The van der Waals surface area contributed by atoms with Crippen LogP contribution in [-0.4, -0.2) is 20.1 Å². The van der Waals surface area contributed by atoms with E-state index in [9.17, 15) is 4.79 Å². The third-order valence-electron chi connectivity index (χ3n) is 3.50. The molecule has 0 radical (unpaired) electrons. The summed E-state index contributed by atoms with van der Waals surface area (Å²) in [6.07, 6.45) is 0. The first-order valence-corrected chi connectivity index (χ1v) is 7.12. The second kappa shape index (κ2) is 7.32. The van der Waals surface area contributed by atoms with Crippen molar-refractivity contribution in [2.24, 2.45) is 0 Å². The lowest BCUT2D eigenvalue weighted by molar-refractivity contribution is 0.0939. The van der Waals surface area contributed by atoms with Gasteiger partial charge in [-0.1, -0.05) is 6.07 Å². The summed E-state index contributed by atoms with van der Waals surface area (Å²) in [4.78, 5) is 12.4. The Morgan fingerprint density at radius 2 is 1.96 bits per heavy atom. The van der Waals surface area contributed by atoms with Gasteiger partial charge < -0.3 is 14.8 Å². The number of methoxy groups -OCH3 is 2. The van der Waals surface area contributed by atoms with Crippen LogP contribution in [0.25, 0.3) is 0 Å². The third-order valence-corrected chi connectivity index (χ3v) is 3.50. The molecule has 2 aromatic rings. The van der Waals surface area contributed by atoms with Gasteiger partial charge in [-0.05, 0) is 43.3 Å². The lowest BCUT2D eigenvalue weighted by Gasteiger charge is -2.18. The molecule has 0 aliphatic carbocycles. The van der Waals surface area contributed by atoms with Crippen LogP contribution in [0.3, 0.4) is 0 Å². The van der Waals surface area contributed by atoms with Crippen LogP contribution in [0.15, 0.2) is 42.5 Å². The number of hydrogen-bond acceptors (Lipinski definition) is 4. The Kier molecular flexibility index (Phi) is 5.21. The predicted molar refractivity (Wildman–Crippen MR) is 86.6 cm³/mol. The molecule has 1 amide bonds. The van der Waals surface area contributed by atoms with E-state index >= 15 is 0 Å². The summed E-state index contributed by atoms with van der Waals surface area (Å²) in [6, 6.07) is 13.7. The predicted octanol–water partition coefficient (Wildman–Crippen LogP) is 3.07. The zero-order chi connectivity index (χ0) is 16.8. The molecule has 0 saturated carbocycles. The molecule has 2 aromatic carbocycles.